The summed E-state index contributed by atoms with van der Waals surface area (Å²) in [6.07, 6.45) is 4.53. The van der Waals surface area contributed by atoms with Gasteiger partial charge in [0.15, 0.2) is 0 Å². The van der Waals surface area contributed by atoms with Gasteiger partial charge in [-0.1, -0.05) is 73.5 Å². The second-order valence-corrected chi connectivity index (χ2v) is 6.67. The molecular formula is C23H29NO3. The zero-order valence-corrected chi connectivity index (χ0v) is 16.0. The highest BCUT2D eigenvalue weighted by Crippen LogP contribution is 2.23. The molecule has 0 spiro atoms. The van der Waals surface area contributed by atoms with Crippen LogP contribution >= 0.6 is 0 Å². The second-order valence-electron chi connectivity index (χ2n) is 6.67. The van der Waals surface area contributed by atoms with Crippen molar-refractivity contribution in [2.24, 2.45) is 0 Å². The lowest BCUT2D eigenvalue weighted by Gasteiger charge is -2.19. The van der Waals surface area contributed by atoms with Crippen LogP contribution < -0.4 is 5.32 Å². The molecule has 1 amide bonds. The maximum Gasteiger partial charge on any atom is 0.305 e. The Kier molecular flexibility index (Phi) is 9.11. The molecule has 0 saturated heterocycles. The summed E-state index contributed by atoms with van der Waals surface area (Å²) in [6.45, 7) is 0.592. The smallest absolute Gasteiger partial charge is 0.305 e. The molecule has 2 aromatic carbocycles. The normalized spacial score (nSPS) is 10.6. The van der Waals surface area contributed by atoms with Gasteiger partial charge in [-0.05, 0) is 24.0 Å². The molecule has 0 bridgehead atoms. The summed E-state index contributed by atoms with van der Waals surface area (Å²) in [5.74, 6) is 0.0665. The molecule has 27 heavy (non-hydrogen) atoms. The zero-order chi connectivity index (χ0) is 19.3. The van der Waals surface area contributed by atoms with Gasteiger partial charge in [0.25, 0.3) is 0 Å². The van der Waals surface area contributed by atoms with E-state index in [0.717, 1.165) is 25.7 Å². The molecule has 2 aromatic rings. The van der Waals surface area contributed by atoms with Gasteiger partial charge in [-0.25, -0.2) is 0 Å². The first-order chi connectivity index (χ1) is 13.2. The third-order valence-electron chi connectivity index (χ3n) is 4.67. The first-order valence-corrected chi connectivity index (χ1v) is 9.64. The maximum absolute atomic E-state index is 12.2. The van der Waals surface area contributed by atoms with E-state index in [1.165, 1.54) is 18.2 Å². The van der Waals surface area contributed by atoms with Crippen LogP contribution in [-0.2, 0) is 14.3 Å². The highest BCUT2D eigenvalue weighted by molar-refractivity contribution is 5.76. The van der Waals surface area contributed by atoms with Crippen molar-refractivity contribution in [3.63, 3.8) is 0 Å². The van der Waals surface area contributed by atoms with Gasteiger partial charge in [-0.3, -0.25) is 9.59 Å². The van der Waals surface area contributed by atoms with E-state index in [2.05, 4.69) is 34.3 Å². The van der Waals surface area contributed by atoms with E-state index in [-0.39, 0.29) is 17.8 Å². The lowest BCUT2D eigenvalue weighted by atomic mass is 9.91. The summed E-state index contributed by atoms with van der Waals surface area (Å²) < 4.78 is 4.62. The van der Waals surface area contributed by atoms with E-state index in [9.17, 15) is 9.59 Å². The largest absolute Gasteiger partial charge is 0.469 e. The van der Waals surface area contributed by atoms with Crippen LogP contribution in [0.5, 0.6) is 0 Å². The molecule has 0 aromatic heterocycles. The van der Waals surface area contributed by atoms with Gasteiger partial charge < -0.3 is 10.1 Å². The molecule has 0 fully saturated rings. The molecule has 0 atom stereocenters. The molecule has 4 heteroatoms. The molecular weight excluding hydrogens is 338 g/mol. The number of hydrogen-bond acceptors (Lipinski definition) is 3. The Morgan fingerprint density at radius 3 is 1.85 bits per heavy atom. The van der Waals surface area contributed by atoms with Crippen molar-refractivity contribution in [2.75, 3.05) is 13.7 Å². The van der Waals surface area contributed by atoms with E-state index in [1.807, 2.05) is 36.4 Å². The van der Waals surface area contributed by atoms with Gasteiger partial charge in [0.05, 0.1) is 7.11 Å². The molecule has 144 valence electrons. The highest BCUT2D eigenvalue weighted by Gasteiger charge is 2.14. The molecule has 0 unspecified atom stereocenters. The Labute approximate surface area is 161 Å². The van der Waals surface area contributed by atoms with E-state index in [1.54, 1.807) is 0 Å². The number of methoxy groups -OCH3 is 1. The zero-order valence-electron chi connectivity index (χ0n) is 16.0. The molecule has 0 saturated carbocycles. The summed E-state index contributed by atoms with van der Waals surface area (Å²) in [4.78, 5) is 23.3. The topological polar surface area (TPSA) is 55.4 Å². The van der Waals surface area contributed by atoms with Gasteiger partial charge in [0, 0.05) is 25.3 Å². The number of carbonyl (C=O) groups excluding carboxylic acids is 2. The Hall–Kier alpha value is -2.62. The third kappa shape index (κ3) is 7.65. The summed E-state index contributed by atoms with van der Waals surface area (Å²) in [5, 5.41) is 3.08. The monoisotopic (exact) mass is 367 g/mol. The van der Waals surface area contributed by atoms with Gasteiger partial charge >= 0.3 is 5.97 Å². The van der Waals surface area contributed by atoms with Gasteiger partial charge in [0.1, 0.15) is 0 Å². The number of esters is 1. The molecule has 0 heterocycles. The quantitative estimate of drug-likeness (QED) is 0.472. The van der Waals surface area contributed by atoms with E-state index >= 15 is 0 Å². The standard InChI is InChI=1S/C23H29NO3/c1-27-23(26)17-11-3-2-10-16-22(25)24-18-21(19-12-6-4-7-13-19)20-14-8-5-9-15-20/h4-9,12-15,21H,2-3,10-11,16-18H2,1H3,(H,24,25). The molecule has 0 aliphatic heterocycles. The predicted molar refractivity (Wildman–Crippen MR) is 107 cm³/mol. The number of nitrogens with one attached hydrogen (secondary N) is 1. The summed E-state index contributed by atoms with van der Waals surface area (Å²) in [5.41, 5.74) is 2.40. The van der Waals surface area contributed by atoms with Crippen LogP contribution in [-0.4, -0.2) is 25.5 Å². The van der Waals surface area contributed by atoms with Crippen LogP contribution in [0.3, 0.4) is 0 Å². The average Bonchev–Trinajstić information content (AvgIpc) is 2.72. The molecule has 0 radical (unpaired) electrons. The van der Waals surface area contributed by atoms with Crippen LogP contribution in [0.1, 0.15) is 55.6 Å². The Morgan fingerprint density at radius 1 is 0.815 bits per heavy atom. The SMILES string of the molecule is COC(=O)CCCCCCC(=O)NCC(c1ccccc1)c1ccccc1. The fraction of sp³-hybridized carbons (Fsp3) is 0.391. The first-order valence-electron chi connectivity index (χ1n) is 9.64. The Bertz CT molecular complexity index is 646. The number of rotatable bonds is 11. The predicted octanol–water partition coefficient (Wildman–Crippen LogP) is 4.45. The number of hydrogen-bond donors (Lipinski definition) is 1. The van der Waals surface area contributed by atoms with Crippen LogP contribution in [0, 0.1) is 0 Å². The summed E-state index contributed by atoms with van der Waals surface area (Å²) in [7, 11) is 1.41. The minimum atomic E-state index is -0.166. The minimum Gasteiger partial charge on any atom is -0.469 e. The Morgan fingerprint density at radius 2 is 1.33 bits per heavy atom. The van der Waals surface area contributed by atoms with Crippen molar-refractivity contribution in [3.05, 3.63) is 71.8 Å². The summed E-state index contributed by atoms with van der Waals surface area (Å²) in [6, 6.07) is 20.5. The number of ether oxygens (including phenoxy) is 1. The summed E-state index contributed by atoms with van der Waals surface area (Å²) >= 11 is 0. The lowest BCUT2D eigenvalue weighted by molar-refractivity contribution is -0.140. The van der Waals surface area contributed by atoms with Gasteiger partial charge in [-0.2, -0.15) is 0 Å². The van der Waals surface area contributed by atoms with E-state index in [0.29, 0.717) is 19.4 Å². The number of carbonyl (C=O) groups is 2. The van der Waals surface area contributed by atoms with Crippen LogP contribution in [0.15, 0.2) is 60.7 Å². The van der Waals surface area contributed by atoms with Crippen LogP contribution in [0.4, 0.5) is 0 Å². The lowest BCUT2D eigenvalue weighted by Crippen LogP contribution is -2.28. The third-order valence-corrected chi connectivity index (χ3v) is 4.67. The molecule has 0 aliphatic rings. The van der Waals surface area contributed by atoms with E-state index < -0.39 is 0 Å². The maximum atomic E-state index is 12.2. The Balaban J connectivity index is 1.76. The fourth-order valence-electron chi connectivity index (χ4n) is 3.11. The fourth-order valence-corrected chi connectivity index (χ4v) is 3.11. The number of benzene rings is 2. The van der Waals surface area contributed by atoms with Crippen molar-refractivity contribution in [1.29, 1.82) is 0 Å². The van der Waals surface area contributed by atoms with Crippen LogP contribution in [0.25, 0.3) is 0 Å². The average molecular weight is 367 g/mol. The van der Waals surface area contributed by atoms with E-state index in [4.69, 9.17) is 0 Å². The minimum absolute atomic E-state index is 0.0832. The highest BCUT2D eigenvalue weighted by atomic mass is 16.5. The second kappa shape index (κ2) is 11.9. The molecule has 1 N–H and O–H groups in total. The number of amides is 1. The molecule has 0 aliphatic carbocycles. The van der Waals surface area contributed by atoms with Gasteiger partial charge in [0.2, 0.25) is 5.91 Å². The van der Waals surface area contributed by atoms with Crippen molar-refractivity contribution in [1.82, 2.24) is 5.32 Å². The molecule has 2 rings (SSSR count). The first kappa shape index (κ1) is 20.7. The van der Waals surface area contributed by atoms with Gasteiger partial charge in [-0.15, -0.1) is 0 Å². The van der Waals surface area contributed by atoms with Crippen molar-refractivity contribution in [3.8, 4) is 0 Å². The number of unbranched alkanes of at least 4 members (excludes halogenated alkanes) is 3. The van der Waals surface area contributed by atoms with Crippen molar-refractivity contribution in [2.45, 2.75) is 44.4 Å². The van der Waals surface area contributed by atoms with Crippen molar-refractivity contribution >= 4 is 11.9 Å². The van der Waals surface area contributed by atoms with Crippen LogP contribution in [0.2, 0.25) is 0 Å². The van der Waals surface area contributed by atoms with Crippen molar-refractivity contribution < 1.29 is 14.3 Å². The molecule has 4 nitrogen and oxygen atoms in total.